The van der Waals surface area contributed by atoms with Crippen LogP contribution >= 0.6 is 11.8 Å². The van der Waals surface area contributed by atoms with Crippen LogP contribution in [0.4, 0.5) is 0 Å². The van der Waals surface area contributed by atoms with Gasteiger partial charge in [0, 0.05) is 11.3 Å². The highest BCUT2D eigenvalue weighted by Gasteiger charge is 2.31. The van der Waals surface area contributed by atoms with Crippen molar-refractivity contribution in [2.24, 2.45) is 0 Å². The van der Waals surface area contributed by atoms with E-state index in [1.54, 1.807) is 11.8 Å². The third-order valence-corrected chi connectivity index (χ3v) is 5.58. The summed E-state index contributed by atoms with van der Waals surface area (Å²) in [4.78, 5) is 10.5. The summed E-state index contributed by atoms with van der Waals surface area (Å²) in [5.41, 5.74) is 0. The van der Waals surface area contributed by atoms with Crippen molar-refractivity contribution in [2.45, 2.75) is 35.6 Å². The summed E-state index contributed by atoms with van der Waals surface area (Å²) in [5.74, 6) is 0.0169. The van der Waals surface area contributed by atoms with Crippen LogP contribution in [0.2, 0.25) is 0 Å². The lowest BCUT2D eigenvalue weighted by molar-refractivity contribution is 0.109. The molecule has 2 rings (SSSR count). The molecule has 7 heteroatoms. The van der Waals surface area contributed by atoms with E-state index in [1.165, 1.54) is 12.1 Å². The van der Waals surface area contributed by atoms with Gasteiger partial charge in [0.2, 0.25) is 5.09 Å². The lowest BCUT2D eigenvalue weighted by atomic mass is 10.3. The normalized spacial score (nSPS) is 24.3. The molecule has 1 saturated carbocycles. The minimum absolute atomic E-state index is 0.0169. The van der Waals surface area contributed by atoms with E-state index in [9.17, 15) is 13.2 Å². The van der Waals surface area contributed by atoms with Crippen LogP contribution in [0.1, 0.15) is 29.8 Å². The number of carbonyl (C=O) groups is 1. The fourth-order valence-electron chi connectivity index (χ4n) is 2.14. The monoisotopic (exact) mass is 289 g/mol. The summed E-state index contributed by atoms with van der Waals surface area (Å²) in [5, 5.41) is 0.108. The van der Waals surface area contributed by atoms with Crippen molar-refractivity contribution in [1.82, 2.24) is 4.72 Å². The molecule has 1 heterocycles. The predicted octanol–water partition coefficient (Wildman–Crippen LogP) is 1.65. The van der Waals surface area contributed by atoms with Crippen molar-refractivity contribution in [3.8, 4) is 0 Å². The van der Waals surface area contributed by atoms with Crippen LogP contribution in [0, 0.1) is 0 Å². The van der Waals surface area contributed by atoms with E-state index >= 15 is 0 Å². The Kier molecular flexibility index (Phi) is 4.14. The van der Waals surface area contributed by atoms with Crippen LogP contribution in [0.15, 0.2) is 21.6 Å². The highest BCUT2D eigenvalue weighted by Crippen LogP contribution is 2.29. The molecule has 0 bridgehead atoms. The zero-order chi connectivity index (χ0) is 13.2. The Morgan fingerprint density at radius 1 is 1.44 bits per heavy atom. The van der Waals surface area contributed by atoms with E-state index in [4.69, 9.17) is 4.42 Å². The fourth-order valence-corrected chi connectivity index (χ4v) is 4.41. The Bertz CT molecular complexity index is 523. The molecule has 2 atom stereocenters. The molecule has 1 fully saturated rings. The average molecular weight is 289 g/mol. The minimum Gasteiger partial charge on any atom is -0.440 e. The molecule has 1 aliphatic rings. The second kappa shape index (κ2) is 5.46. The molecule has 1 aromatic rings. The van der Waals surface area contributed by atoms with Gasteiger partial charge in [0.05, 0.1) is 0 Å². The van der Waals surface area contributed by atoms with Crippen molar-refractivity contribution < 1.29 is 17.6 Å². The van der Waals surface area contributed by atoms with Crippen LogP contribution in [0.5, 0.6) is 0 Å². The average Bonchev–Trinajstić information content (AvgIpc) is 2.96. The standard InChI is InChI=1S/C11H15NO4S2/c1-17-10-4-2-3-9(10)12-18(14,15)11-6-5-8(7-13)16-11/h5-7,9-10,12H,2-4H2,1H3. The highest BCUT2D eigenvalue weighted by atomic mass is 32.2. The van der Waals surface area contributed by atoms with Crippen molar-refractivity contribution in [3.05, 3.63) is 17.9 Å². The minimum atomic E-state index is -3.66. The molecule has 0 radical (unpaired) electrons. The van der Waals surface area contributed by atoms with Gasteiger partial charge in [0.15, 0.2) is 12.0 Å². The van der Waals surface area contributed by atoms with Gasteiger partial charge in [0.1, 0.15) is 0 Å². The molecule has 2 unspecified atom stereocenters. The van der Waals surface area contributed by atoms with Gasteiger partial charge in [-0.2, -0.15) is 11.8 Å². The Labute approximate surface area is 110 Å². The topological polar surface area (TPSA) is 76.4 Å². The van der Waals surface area contributed by atoms with E-state index in [0.29, 0.717) is 11.5 Å². The first kappa shape index (κ1) is 13.6. The van der Waals surface area contributed by atoms with Crippen molar-refractivity contribution in [1.29, 1.82) is 0 Å². The number of sulfonamides is 1. The first-order chi connectivity index (χ1) is 8.56. The van der Waals surface area contributed by atoms with E-state index in [0.717, 1.165) is 19.3 Å². The van der Waals surface area contributed by atoms with Gasteiger partial charge in [-0.25, -0.2) is 13.1 Å². The molecule has 1 aromatic heterocycles. The van der Waals surface area contributed by atoms with Gasteiger partial charge in [-0.1, -0.05) is 6.42 Å². The lowest BCUT2D eigenvalue weighted by Gasteiger charge is -2.18. The number of thioether (sulfide) groups is 1. The highest BCUT2D eigenvalue weighted by molar-refractivity contribution is 7.99. The maximum Gasteiger partial charge on any atom is 0.274 e. The van der Waals surface area contributed by atoms with Gasteiger partial charge in [-0.05, 0) is 31.2 Å². The van der Waals surface area contributed by atoms with Gasteiger partial charge in [-0.15, -0.1) is 0 Å². The molecule has 0 aliphatic heterocycles. The van der Waals surface area contributed by atoms with Crippen LogP contribution in [-0.2, 0) is 10.0 Å². The first-order valence-electron chi connectivity index (χ1n) is 5.67. The first-order valence-corrected chi connectivity index (χ1v) is 8.44. The number of aldehydes is 1. The summed E-state index contributed by atoms with van der Waals surface area (Å²) in [6.45, 7) is 0. The van der Waals surface area contributed by atoms with Gasteiger partial charge in [0.25, 0.3) is 10.0 Å². The van der Waals surface area contributed by atoms with Crippen LogP contribution in [0.25, 0.3) is 0 Å². The van der Waals surface area contributed by atoms with Crippen molar-refractivity contribution >= 4 is 28.1 Å². The van der Waals surface area contributed by atoms with Crippen molar-refractivity contribution in [2.75, 3.05) is 6.26 Å². The summed E-state index contributed by atoms with van der Waals surface area (Å²) in [6, 6.07) is 2.59. The number of rotatable bonds is 5. The second-order valence-electron chi connectivity index (χ2n) is 4.21. The molecular weight excluding hydrogens is 274 g/mol. The Morgan fingerprint density at radius 3 is 2.83 bits per heavy atom. The van der Waals surface area contributed by atoms with E-state index in [-0.39, 0.29) is 16.9 Å². The SMILES string of the molecule is CSC1CCCC1NS(=O)(=O)c1ccc(C=O)o1. The largest absolute Gasteiger partial charge is 0.440 e. The van der Waals surface area contributed by atoms with E-state index in [2.05, 4.69) is 4.72 Å². The van der Waals surface area contributed by atoms with Crippen molar-refractivity contribution in [3.63, 3.8) is 0 Å². The Balaban J connectivity index is 2.14. The summed E-state index contributed by atoms with van der Waals surface area (Å²) in [7, 11) is -3.66. The van der Waals surface area contributed by atoms with Gasteiger partial charge in [-0.3, -0.25) is 4.79 Å². The predicted molar refractivity (Wildman–Crippen MR) is 69.4 cm³/mol. The summed E-state index contributed by atoms with van der Waals surface area (Å²) < 4.78 is 31.7. The molecule has 100 valence electrons. The summed E-state index contributed by atoms with van der Waals surface area (Å²) >= 11 is 1.67. The number of hydrogen-bond acceptors (Lipinski definition) is 5. The zero-order valence-corrected chi connectivity index (χ0v) is 11.6. The third-order valence-electron chi connectivity index (χ3n) is 3.04. The molecule has 1 aliphatic carbocycles. The number of carbonyl (C=O) groups excluding carboxylic acids is 1. The number of hydrogen-bond donors (Lipinski definition) is 1. The maximum atomic E-state index is 12.0. The molecular formula is C11H15NO4S2. The van der Waals surface area contributed by atoms with E-state index < -0.39 is 10.0 Å². The molecule has 0 saturated heterocycles. The third kappa shape index (κ3) is 2.78. The molecule has 5 nitrogen and oxygen atoms in total. The number of furan rings is 1. The zero-order valence-electron chi connectivity index (χ0n) is 9.96. The molecule has 0 amide bonds. The molecule has 0 aromatic carbocycles. The Hall–Kier alpha value is -0.790. The summed E-state index contributed by atoms with van der Waals surface area (Å²) in [6.07, 6.45) is 5.35. The van der Waals surface area contributed by atoms with Crippen LogP contribution in [0.3, 0.4) is 0 Å². The smallest absolute Gasteiger partial charge is 0.274 e. The van der Waals surface area contributed by atoms with Crippen LogP contribution < -0.4 is 4.72 Å². The quantitative estimate of drug-likeness (QED) is 0.834. The van der Waals surface area contributed by atoms with Gasteiger partial charge < -0.3 is 4.42 Å². The van der Waals surface area contributed by atoms with E-state index in [1.807, 2.05) is 6.26 Å². The fraction of sp³-hybridized carbons (Fsp3) is 0.545. The number of nitrogens with one attached hydrogen (secondary N) is 1. The molecule has 1 N–H and O–H groups in total. The second-order valence-corrected chi connectivity index (χ2v) is 6.93. The lowest BCUT2D eigenvalue weighted by Crippen LogP contribution is -2.38. The van der Waals surface area contributed by atoms with Crippen LogP contribution in [-0.4, -0.2) is 32.3 Å². The van der Waals surface area contributed by atoms with Gasteiger partial charge >= 0.3 is 0 Å². The maximum absolute atomic E-state index is 12.0. The molecule has 18 heavy (non-hydrogen) atoms. The molecule has 0 spiro atoms. The Morgan fingerprint density at radius 2 is 2.22 bits per heavy atom.